The number of hydrogen-bond donors (Lipinski definition) is 1. The molecular weight excluding hydrogens is 198 g/mol. The van der Waals surface area contributed by atoms with Crippen LogP contribution >= 0.6 is 0 Å². The van der Waals surface area contributed by atoms with Crippen molar-refractivity contribution < 1.29 is 0 Å². The van der Waals surface area contributed by atoms with Crippen molar-refractivity contribution >= 4 is 5.95 Å². The molecular formula is C13H15N3. The van der Waals surface area contributed by atoms with Crippen LogP contribution in [0.1, 0.15) is 19.3 Å². The van der Waals surface area contributed by atoms with E-state index in [1.807, 2.05) is 30.6 Å². The lowest BCUT2D eigenvalue weighted by atomic mass is 9.93. The summed E-state index contributed by atoms with van der Waals surface area (Å²) in [5, 5.41) is 3.48. The number of imidazole rings is 1. The first-order valence-electron chi connectivity index (χ1n) is 5.79. The van der Waals surface area contributed by atoms with Crippen molar-refractivity contribution in [1.29, 1.82) is 0 Å². The van der Waals surface area contributed by atoms with E-state index in [2.05, 4.69) is 27.0 Å². The summed E-state index contributed by atoms with van der Waals surface area (Å²) in [6.45, 7) is 0. The van der Waals surface area contributed by atoms with Crippen LogP contribution in [0.3, 0.4) is 0 Å². The maximum atomic E-state index is 4.37. The third-order valence-corrected chi connectivity index (χ3v) is 3.11. The quantitative estimate of drug-likeness (QED) is 0.849. The van der Waals surface area contributed by atoms with Crippen molar-refractivity contribution in [3.63, 3.8) is 0 Å². The second kappa shape index (κ2) is 4.00. The zero-order valence-electron chi connectivity index (χ0n) is 9.13. The van der Waals surface area contributed by atoms with Crippen LogP contribution in [0.15, 0.2) is 42.7 Å². The lowest BCUT2D eigenvalue weighted by Gasteiger charge is -2.27. The van der Waals surface area contributed by atoms with Gasteiger partial charge in [-0.05, 0) is 31.4 Å². The van der Waals surface area contributed by atoms with Gasteiger partial charge in [-0.2, -0.15) is 0 Å². The van der Waals surface area contributed by atoms with E-state index in [4.69, 9.17) is 0 Å². The predicted molar refractivity (Wildman–Crippen MR) is 64.8 cm³/mol. The fourth-order valence-electron chi connectivity index (χ4n) is 1.94. The molecule has 3 heteroatoms. The number of benzene rings is 1. The molecule has 0 radical (unpaired) electrons. The molecule has 1 aromatic carbocycles. The molecule has 1 aliphatic carbocycles. The Balaban J connectivity index is 1.87. The largest absolute Gasteiger partial charge is 0.353 e. The lowest BCUT2D eigenvalue weighted by molar-refractivity contribution is 0.442. The van der Waals surface area contributed by atoms with E-state index >= 15 is 0 Å². The zero-order chi connectivity index (χ0) is 10.8. The van der Waals surface area contributed by atoms with E-state index in [1.54, 1.807) is 0 Å². The minimum Gasteiger partial charge on any atom is -0.353 e. The molecule has 1 aromatic heterocycles. The molecule has 0 aliphatic heterocycles. The topological polar surface area (TPSA) is 29.9 Å². The normalized spacial score (nSPS) is 15.8. The molecule has 2 aromatic rings. The van der Waals surface area contributed by atoms with Gasteiger partial charge in [-0.25, -0.2) is 4.98 Å². The predicted octanol–water partition coefficient (Wildman–Crippen LogP) is 2.84. The molecule has 3 nitrogen and oxygen atoms in total. The number of rotatable bonds is 3. The van der Waals surface area contributed by atoms with E-state index in [0.717, 1.165) is 11.6 Å². The molecule has 1 fully saturated rings. The Morgan fingerprint density at radius 3 is 2.69 bits per heavy atom. The first kappa shape index (κ1) is 9.46. The van der Waals surface area contributed by atoms with Gasteiger partial charge < -0.3 is 5.32 Å². The zero-order valence-corrected chi connectivity index (χ0v) is 9.13. The summed E-state index contributed by atoms with van der Waals surface area (Å²) in [5.74, 6) is 0.955. The molecule has 1 N–H and O–H groups in total. The second-order valence-corrected chi connectivity index (χ2v) is 4.23. The van der Waals surface area contributed by atoms with Gasteiger partial charge >= 0.3 is 0 Å². The van der Waals surface area contributed by atoms with E-state index in [1.165, 1.54) is 19.3 Å². The Bertz CT molecular complexity index is 457. The molecule has 0 atom stereocenters. The average molecular weight is 213 g/mol. The fourth-order valence-corrected chi connectivity index (χ4v) is 1.94. The highest BCUT2D eigenvalue weighted by atomic mass is 15.2. The standard InChI is InChI=1S/C13H15N3/c1-2-7-12(8-3-1)16-10-9-14-13(16)15-11-5-4-6-11/h1-3,7-11H,4-6H2,(H,14,15). The highest BCUT2D eigenvalue weighted by molar-refractivity contribution is 5.42. The Labute approximate surface area is 95.1 Å². The fraction of sp³-hybridized carbons (Fsp3) is 0.308. The minimum absolute atomic E-state index is 0.616. The molecule has 0 bridgehead atoms. The van der Waals surface area contributed by atoms with Gasteiger partial charge in [0.1, 0.15) is 0 Å². The molecule has 16 heavy (non-hydrogen) atoms. The summed E-state index contributed by atoms with van der Waals surface area (Å²) in [6.07, 6.45) is 7.71. The Morgan fingerprint density at radius 2 is 2.00 bits per heavy atom. The van der Waals surface area contributed by atoms with Crippen LogP contribution < -0.4 is 5.32 Å². The highest BCUT2D eigenvalue weighted by Gasteiger charge is 2.18. The van der Waals surface area contributed by atoms with Gasteiger partial charge in [0.15, 0.2) is 0 Å². The number of nitrogens with zero attached hydrogens (tertiary/aromatic N) is 2. The summed E-state index contributed by atoms with van der Waals surface area (Å²) < 4.78 is 2.10. The third kappa shape index (κ3) is 1.69. The van der Waals surface area contributed by atoms with Crippen LogP contribution in [0, 0.1) is 0 Å². The molecule has 0 saturated heterocycles. The Kier molecular flexibility index (Phi) is 2.37. The van der Waals surface area contributed by atoms with Crippen LogP contribution in [-0.2, 0) is 0 Å². The third-order valence-electron chi connectivity index (χ3n) is 3.11. The maximum absolute atomic E-state index is 4.37. The number of hydrogen-bond acceptors (Lipinski definition) is 2. The molecule has 3 rings (SSSR count). The van der Waals surface area contributed by atoms with Gasteiger partial charge in [0, 0.05) is 24.1 Å². The Morgan fingerprint density at radius 1 is 1.19 bits per heavy atom. The minimum atomic E-state index is 0.616. The van der Waals surface area contributed by atoms with Crippen molar-refractivity contribution in [2.45, 2.75) is 25.3 Å². The van der Waals surface area contributed by atoms with Crippen LogP contribution in [0.25, 0.3) is 5.69 Å². The van der Waals surface area contributed by atoms with Gasteiger partial charge in [-0.1, -0.05) is 18.2 Å². The number of para-hydroxylation sites is 1. The average Bonchev–Trinajstić information content (AvgIpc) is 2.73. The van der Waals surface area contributed by atoms with Crippen molar-refractivity contribution in [2.75, 3.05) is 5.32 Å². The molecule has 0 unspecified atom stereocenters. The van der Waals surface area contributed by atoms with Gasteiger partial charge in [0.25, 0.3) is 0 Å². The van der Waals surface area contributed by atoms with Gasteiger partial charge in [0.05, 0.1) is 0 Å². The smallest absolute Gasteiger partial charge is 0.207 e. The molecule has 1 heterocycles. The number of nitrogens with one attached hydrogen (secondary N) is 1. The first-order chi connectivity index (χ1) is 7.93. The van der Waals surface area contributed by atoms with Crippen molar-refractivity contribution in [1.82, 2.24) is 9.55 Å². The monoisotopic (exact) mass is 213 g/mol. The van der Waals surface area contributed by atoms with Crippen LogP contribution in [-0.4, -0.2) is 15.6 Å². The van der Waals surface area contributed by atoms with Gasteiger partial charge in [-0.15, -0.1) is 0 Å². The second-order valence-electron chi connectivity index (χ2n) is 4.23. The Hall–Kier alpha value is -1.77. The molecule has 0 amide bonds. The maximum Gasteiger partial charge on any atom is 0.207 e. The first-order valence-corrected chi connectivity index (χ1v) is 5.79. The number of anilines is 1. The lowest BCUT2D eigenvalue weighted by Crippen LogP contribution is -2.28. The van der Waals surface area contributed by atoms with Crippen molar-refractivity contribution in [3.05, 3.63) is 42.7 Å². The summed E-state index contributed by atoms with van der Waals surface area (Å²) in [6, 6.07) is 10.9. The summed E-state index contributed by atoms with van der Waals surface area (Å²) in [7, 11) is 0. The van der Waals surface area contributed by atoms with E-state index in [9.17, 15) is 0 Å². The number of aromatic nitrogens is 2. The van der Waals surface area contributed by atoms with E-state index in [-0.39, 0.29) is 0 Å². The van der Waals surface area contributed by atoms with Crippen molar-refractivity contribution in [3.8, 4) is 5.69 Å². The molecule has 1 saturated carbocycles. The highest BCUT2D eigenvalue weighted by Crippen LogP contribution is 2.23. The summed E-state index contributed by atoms with van der Waals surface area (Å²) in [4.78, 5) is 4.37. The SMILES string of the molecule is c1ccc(-n2ccnc2NC2CCC2)cc1. The molecule has 82 valence electrons. The van der Waals surface area contributed by atoms with Crippen LogP contribution in [0.2, 0.25) is 0 Å². The van der Waals surface area contributed by atoms with Crippen LogP contribution in [0.4, 0.5) is 5.95 Å². The van der Waals surface area contributed by atoms with E-state index < -0.39 is 0 Å². The summed E-state index contributed by atoms with van der Waals surface area (Å²) in [5.41, 5.74) is 1.15. The van der Waals surface area contributed by atoms with E-state index in [0.29, 0.717) is 6.04 Å². The molecule has 0 spiro atoms. The summed E-state index contributed by atoms with van der Waals surface area (Å²) >= 11 is 0. The van der Waals surface area contributed by atoms with Crippen LogP contribution in [0.5, 0.6) is 0 Å². The van der Waals surface area contributed by atoms with Crippen molar-refractivity contribution in [2.24, 2.45) is 0 Å². The van der Waals surface area contributed by atoms with Gasteiger partial charge in [-0.3, -0.25) is 4.57 Å². The molecule has 1 aliphatic rings. The van der Waals surface area contributed by atoms with Gasteiger partial charge in [0.2, 0.25) is 5.95 Å².